The zero-order chi connectivity index (χ0) is 15.2. The lowest BCUT2D eigenvalue weighted by atomic mass is 9.93. The van der Waals surface area contributed by atoms with Crippen LogP contribution in [-0.2, 0) is 11.2 Å². The Morgan fingerprint density at radius 1 is 1.25 bits per heavy atom. The van der Waals surface area contributed by atoms with Crippen molar-refractivity contribution in [3.8, 4) is 0 Å². The summed E-state index contributed by atoms with van der Waals surface area (Å²) in [6.07, 6.45) is 1.03. The van der Waals surface area contributed by atoms with Gasteiger partial charge in [0.15, 0.2) is 0 Å². The number of hydrogen-bond acceptors (Lipinski definition) is 3. The van der Waals surface area contributed by atoms with Crippen molar-refractivity contribution >= 4 is 0 Å². The van der Waals surface area contributed by atoms with Crippen molar-refractivity contribution in [3.05, 3.63) is 35.4 Å². The van der Waals surface area contributed by atoms with Crippen LogP contribution in [0.1, 0.15) is 51.3 Å². The monoisotopic (exact) mass is 280 g/mol. The molecule has 0 amide bonds. The van der Waals surface area contributed by atoms with Crippen LogP contribution in [0.15, 0.2) is 24.3 Å². The standard InChI is InChI=1S/C17H28O3/c1-13(2)16(19)15-8-5-7-14(11-15)12-17(3,4)20-10-6-9-18/h5,7-8,11,13,16,18-19H,6,9-10,12H2,1-4H3. The summed E-state index contributed by atoms with van der Waals surface area (Å²) < 4.78 is 5.80. The van der Waals surface area contributed by atoms with Crippen LogP contribution < -0.4 is 0 Å². The second-order valence-electron chi connectivity index (χ2n) is 6.30. The first-order chi connectivity index (χ1) is 9.35. The fourth-order valence-electron chi connectivity index (χ4n) is 2.23. The van der Waals surface area contributed by atoms with Gasteiger partial charge in [0, 0.05) is 19.6 Å². The van der Waals surface area contributed by atoms with Crippen LogP contribution in [0.4, 0.5) is 0 Å². The number of aliphatic hydroxyl groups excluding tert-OH is 2. The van der Waals surface area contributed by atoms with E-state index in [4.69, 9.17) is 9.84 Å². The summed E-state index contributed by atoms with van der Waals surface area (Å²) in [5, 5.41) is 18.9. The zero-order valence-electron chi connectivity index (χ0n) is 13.1. The molecule has 0 aromatic heterocycles. The Balaban J connectivity index is 2.70. The molecular formula is C17H28O3. The van der Waals surface area contributed by atoms with Gasteiger partial charge in [0.25, 0.3) is 0 Å². The molecule has 1 aromatic rings. The van der Waals surface area contributed by atoms with Gasteiger partial charge >= 0.3 is 0 Å². The Kier molecular flexibility index (Phi) is 6.66. The summed E-state index contributed by atoms with van der Waals surface area (Å²) in [5.74, 6) is 0.207. The zero-order valence-corrected chi connectivity index (χ0v) is 13.1. The molecule has 0 bridgehead atoms. The highest BCUT2D eigenvalue weighted by molar-refractivity contribution is 5.26. The molecule has 3 heteroatoms. The minimum Gasteiger partial charge on any atom is -0.396 e. The highest BCUT2D eigenvalue weighted by Gasteiger charge is 2.20. The first kappa shape index (κ1) is 17.2. The van der Waals surface area contributed by atoms with Crippen molar-refractivity contribution in [1.29, 1.82) is 0 Å². The van der Waals surface area contributed by atoms with Gasteiger partial charge in [-0.3, -0.25) is 0 Å². The Bertz CT molecular complexity index is 399. The molecule has 1 atom stereocenters. The van der Waals surface area contributed by atoms with E-state index in [1.807, 2.05) is 26.0 Å². The van der Waals surface area contributed by atoms with Crippen LogP contribution in [0, 0.1) is 5.92 Å². The number of rotatable bonds is 8. The predicted octanol–water partition coefficient (Wildman–Crippen LogP) is 3.10. The molecule has 0 aliphatic carbocycles. The Morgan fingerprint density at radius 3 is 2.55 bits per heavy atom. The maximum atomic E-state index is 10.1. The second-order valence-corrected chi connectivity index (χ2v) is 6.30. The molecule has 20 heavy (non-hydrogen) atoms. The maximum Gasteiger partial charge on any atom is 0.0813 e. The first-order valence-electron chi connectivity index (χ1n) is 7.37. The van der Waals surface area contributed by atoms with E-state index in [9.17, 15) is 5.11 Å². The molecule has 3 nitrogen and oxygen atoms in total. The Labute approximate surface area is 122 Å². The maximum absolute atomic E-state index is 10.1. The van der Waals surface area contributed by atoms with E-state index in [-0.39, 0.29) is 18.1 Å². The third-order valence-electron chi connectivity index (χ3n) is 3.35. The fourth-order valence-corrected chi connectivity index (χ4v) is 2.23. The summed E-state index contributed by atoms with van der Waals surface area (Å²) in [5.41, 5.74) is 1.86. The van der Waals surface area contributed by atoms with Crippen molar-refractivity contribution in [2.24, 2.45) is 5.92 Å². The van der Waals surface area contributed by atoms with Gasteiger partial charge in [-0.05, 0) is 37.3 Å². The summed E-state index contributed by atoms with van der Waals surface area (Å²) in [7, 11) is 0. The molecule has 1 unspecified atom stereocenters. The van der Waals surface area contributed by atoms with Crippen molar-refractivity contribution in [2.45, 2.75) is 52.2 Å². The van der Waals surface area contributed by atoms with Gasteiger partial charge in [0.1, 0.15) is 0 Å². The lowest BCUT2D eigenvalue weighted by Gasteiger charge is -2.26. The number of aliphatic hydroxyl groups is 2. The number of benzene rings is 1. The molecule has 0 aliphatic heterocycles. The number of ether oxygens (including phenoxy) is 1. The molecule has 1 aromatic carbocycles. The summed E-state index contributed by atoms with van der Waals surface area (Å²) >= 11 is 0. The molecule has 0 radical (unpaired) electrons. The first-order valence-corrected chi connectivity index (χ1v) is 7.37. The average Bonchev–Trinajstić information content (AvgIpc) is 2.37. The van der Waals surface area contributed by atoms with E-state index in [2.05, 4.69) is 26.0 Å². The molecule has 0 saturated heterocycles. The third-order valence-corrected chi connectivity index (χ3v) is 3.35. The van der Waals surface area contributed by atoms with E-state index >= 15 is 0 Å². The summed E-state index contributed by atoms with van der Waals surface area (Å²) in [6.45, 7) is 8.86. The molecular weight excluding hydrogens is 252 g/mol. The van der Waals surface area contributed by atoms with E-state index in [0.717, 1.165) is 17.5 Å². The van der Waals surface area contributed by atoms with E-state index in [1.54, 1.807) is 0 Å². The molecule has 0 fully saturated rings. The van der Waals surface area contributed by atoms with Crippen LogP contribution in [-0.4, -0.2) is 29.0 Å². The third kappa shape index (κ3) is 5.61. The smallest absolute Gasteiger partial charge is 0.0813 e. The van der Waals surface area contributed by atoms with Crippen molar-refractivity contribution in [1.82, 2.24) is 0 Å². The Hall–Kier alpha value is -0.900. The molecule has 0 saturated carbocycles. The van der Waals surface area contributed by atoms with Crippen LogP contribution >= 0.6 is 0 Å². The quantitative estimate of drug-likeness (QED) is 0.719. The molecule has 1 rings (SSSR count). The topological polar surface area (TPSA) is 49.7 Å². The highest BCUT2D eigenvalue weighted by Crippen LogP contribution is 2.24. The van der Waals surface area contributed by atoms with Crippen LogP contribution in [0.5, 0.6) is 0 Å². The largest absolute Gasteiger partial charge is 0.396 e. The van der Waals surface area contributed by atoms with Gasteiger partial charge in [0.2, 0.25) is 0 Å². The van der Waals surface area contributed by atoms with E-state index in [0.29, 0.717) is 13.0 Å². The second kappa shape index (κ2) is 7.77. The normalized spacial score (nSPS) is 13.8. The van der Waals surface area contributed by atoms with Gasteiger partial charge in [-0.2, -0.15) is 0 Å². The summed E-state index contributed by atoms with van der Waals surface area (Å²) in [4.78, 5) is 0. The van der Waals surface area contributed by atoms with Crippen LogP contribution in [0.3, 0.4) is 0 Å². The van der Waals surface area contributed by atoms with E-state index in [1.165, 1.54) is 0 Å². The van der Waals surface area contributed by atoms with Gasteiger partial charge in [-0.15, -0.1) is 0 Å². The summed E-state index contributed by atoms with van der Waals surface area (Å²) in [6, 6.07) is 8.07. The number of hydrogen-bond donors (Lipinski definition) is 2. The fraction of sp³-hybridized carbons (Fsp3) is 0.647. The predicted molar refractivity (Wildman–Crippen MR) is 81.7 cm³/mol. The van der Waals surface area contributed by atoms with Crippen molar-refractivity contribution in [3.63, 3.8) is 0 Å². The Morgan fingerprint density at radius 2 is 1.95 bits per heavy atom. The van der Waals surface area contributed by atoms with Gasteiger partial charge in [-0.1, -0.05) is 38.1 Å². The van der Waals surface area contributed by atoms with Gasteiger partial charge in [-0.25, -0.2) is 0 Å². The van der Waals surface area contributed by atoms with E-state index < -0.39 is 6.10 Å². The van der Waals surface area contributed by atoms with Gasteiger partial charge in [0.05, 0.1) is 11.7 Å². The lowest BCUT2D eigenvalue weighted by molar-refractivity contribution is -0.0222. The van der Waals surface area contributed by atoms with Crippen molar-refractivity contribution in [2.75, 3.05) is 13.2 Å². The SMILES string of the molecule is CC(C)C(O)c1cccc(CC(C)(C)OCCCO)c1. The van der Waals surface area contributed by atoms with Gasteiger partial charge < -0.3 is 14.9 Å². The van der Waals surface area contributed by atoms with Crippen molar-refractivity contribution < 1.29 is 14.9 Å². The lowest BCUT2D eigenvalue weighted by Crippen LogP contribution is -2.28. The molecule has 0 aliphatic rings. The molecule has 2 N–H and O–H groups in total. The van der Waals surface area contributed by atoms with Crippen LogP contribution in [0.2, 0.25) is 0 Å². The highest BCUT2D eigenvalue weighted by atomic mass is 16.5. The molecule has 114 valence electrons. The molecule has 0 spiro atoms. The minimum absolute atomic E-state index is 0.159. The molecule has 0 heterocycles. The average molecular weight is 280 g/mol. The van der Waals surface area contributed by atoms with Crippen LogP contribution in [0.25, 0.3) is 0 Å². The minimum atomic E-state index is -0.423.